The van der Waals surface area contributed by atoms with Crippen molar-refractivity contribution >= 4 is 10.1 Å². The van der Waals surface area contributed by atoms with Gasteiger partial charge in [-0.1, -0.05) is 18.2 Å². The molecule has 1 aromatic rings. The van der Waals surface area contributed by atoms with E-state index in [4.69, 9.17) is 4.55 Å². The lowest BCUT2D eigenvalue weighted by Gasteiger charge is -2.17. The van der Waals surface area contributed by atoms with E-state index in [0.29, 0.717) is 0 Å². The molecule has 78 valence electrons. The molecule has 0 heterocycles. The van der Waals surface area contributed by atoms with E-state index in [1.807, 2.05) is 0 Å². The van der Waals surface area contributed by atoms with Crippen LogP contribution < -0.4 is 0 Å². The number of hydrogen-bond acceptors (Lipinski definition) is 2. The van der Waals surface area contributed by atoms with E-state index in [-0.39, 0.29) is 10.5 Å². The van der Waals surface area contributed by atoms with Crippen molar-refractivity contribution < 1.29 is 17.4 Å². The second-order valence-electron chi connectivity index (χ2n) is 3.44. The quantitative estimate of drug-likeness (QED) is 0.774. The Morgan fingerprint density at radius 1 is 1.29 bits per heavy atom. The molecule has 5 heteroatoms. The highest BCUT2D eigenvalue weighted by Gasteiger charge is 2.26. The third-order valence-electron chi connectivity index (χ3n) is 1.81. The predicted molar refractivity (Wildman–Crippen MR) is 50.4 cm³/mol. The lowest BCUT2D eigenvalue weighted by Crippen LogP contribution is -2.14. The van der Waals surface area contributed by atoms with E-state index in [1.54, 1.807) is 0 Å². The van der Waals surface area contributed by atoms with Crippen molar-refractivity contribution in [3.8, 4) is 0 Å². The van der Waals surface area contributed by atoms with Gasteiger partial charge in [0.05, 0.1) is 0 Å². The Balaban J connectivity index is 3.47. The summed E-state index contributed by atoms with van der Waals surface area (Å²) >= 11 is 0. The minimum atomic E-state index is -4.36. The summed E-state index contributed by atoms with van der Waals surface area (Å²) in [6, 6.07) is 5.46. The van der Waals surface area contributed by atoms with E-state index in [9.17, 15) is 12.8 Å². The summed E-state index contributed by atoms with van der Waals surface area (Å²) in [6.07, 6.45) is 0. The number of benzene rings is 1. The smallest absolute Gasteiger partial charge is 0.282 e. The van der Waals surface area contributed by atoms with Crippen LogP contribution >= 0.6 is 0 Å². The molecule has 0 atom stereocenters. The Hall–Kier alpha value is -0.940. The van der Waals surface area contributed by atoms with Crippen LogP contribution in [0.4, 0.5) is 4.39 Å². The minimum Gasteiger partial charge on any atom is -0.282 e. The van der Waals surface area contributed by atoms with Gasteiger partial charge in [0.15, 0.2) is 0 Å². The lowest BCUT2D eigenvalue weighted by atomic mass is 10.0. The molecule has 3 nitrogen and oxygen atoms in total. The van der Waals surface area contributed by atoms with Crippen molar-refractivity contribution in [2.75, 3.05) is 0 Å². The van der Waals surface area contributed by atoms with Crippen LogP contribution in [0.3, 0.4) is 0 Å². The summed E-state index contributed by atoms with van der Waals surface area (Å²) in [5.41, 5.74) is -1.84. The fraction of sp³-hybridized carbons (Fsp3) is 0.333. The lowest BCUT2D eigenvalue weighted by molar-refractivity contribution is 0.216. The topological polar surface area (TPSA) is 54.4 Å². The average Bonchev–Trinajstić information content (AvgIpc) is 2.01. The first-order valence-electron chi connectivity index (χ1n) is 3.99. The highest BCUT2D eigenvalue weighted by Crippen LogP contribution is 2.29. The average molecular weight is 218 g/mol. The Morgan fingerprint density at radius 2 is 1.79 bits per heavy atom. The second-order valence-corrected chi connectivity index (χ2v) is 4.83. The molecular formula is C9H11FO3S. The molecule has 0 aliphatic rings. The monoisotopic (exact) mass is 218 g/mol. The van der Waals surface area contributed by atoms with Gasteiger partial charge in [-0.05, 0) is 19.9 Å². The van der Waals surface area contributed by atoms with Crippen LogP contribution in [-0.2, 0) is 15.8 Å². The van der Waals surface area contributed by atoms with Gasteiger partial charge in [-0.2, -0.15) is 8.42 Å². The van der Waals surface area contributed by atoms with Crippen LogP contribution in [0.5, 0.6) is 0 Å². The van der Waals surface area contributed by atoms with Gasteiger partial charge in [-0.15, -0.1) is 0 Å². The number of alkyl halides is 1. The normalized spacial score (nSPS) is 12.9. The number of hydrogen-bond donors (Lipinski definition) is 1. The first kappa shape index (κ1) is 11.1. The van der Waals surface area contributed by atoms with Gasteiger partial charge in [-0.25, -0.2) is 4.39 Å². The molecule has 0 radical (unpaired) electrons. The van der Waals surface area contributed by atoms with Crippen molar-refractivity contribution in [3.05, 3.63) is 29.8 Å². The molecule has 0 aliphatic carbocycles. The van der Waals surface area contributed by atoms with Gasteiger partial charge in [0.2, 0.25) is 0 Å². The highest BCUT2D eigenvalue weighted by atomic mass is 32.2. The molecule has 0 aromatic heterocycles. The van der Waals surface area contributed by atoms with E-state index < -0.39 is 15.8 Å². The van der Waals surface area contributed by atoms with Gasteiger partial charge in [0.1, 0.15) is 10.6 Å². The maximum Gasteiger partial charge on any atom is 0.294 e. The molecule has 0 unspecified atom stereocenters. The minimum absolute atomic E-state index is 0.0394. The molecular weight excluding hydrogens is 207 g/mol. The largest absolute Gasteiger partial charge is 0.294 e. The van der Waals surface area contributed by atoms with E-state index >= 15 is 0 Å². The Morgan fingerprint density at radius 3 is 2.14 bits per heavy atom. The van der Waals surface area contributed by atoms with Crippen LogP contribution in [0.25, 0.3) is 0 Å². The van der Waals surface area contributed by atoms with Gasteiger partial charge >= 0.3 is 0 Å². The molecule has 1 N–H and O–H groups in total. The van der Waals surface area contributed by atoms with Crippen molar-refractivity contribution in [3.63, 3.8) is 0 Å². The maximum absolute atomic E-state index is 13.5. The van der Waals surface area contributed by atoms with Gasteiger partial charge in [-0.3, -0.25) is 4.55 Å². The van der Waals surface area contributed by atoms with Crippen molar-refractivity contribution in [1.82, 2.24) is 0 Å². The zero-order chi connectivity index (χ0) is 11.0. The summed E-state index contributed by atoms with van der Waals surface area (Å²) < 4.78 is 44.2. The maximum atomic E-state index is 13.5. The molecule has 1 aromatic carbocycles. The predicted octanol–water partition coefficient (Wildman–Crippen LogP) is 2.14. The second kappa shape index (κ2) is 3.33. The third kappa shape index (κ3) is 2.30. The van der Waals surface area contributed by atoms with Gasteiger partial charge in [0.25, 0.3) is 10.1 Å². The Labute approximate surface area is 82.3 Å². The molecule has 0 fully saturated rings. The molecule has 0 amide bonds. The first-order chi connectivity index (χ1) is 6.23. The van der Waals surface area contributed by atoms with Gasteiger partial charge < -0.3 is 0 Å². The summed E-state index contributed by atoms with van der Waals surface area (Å²) in [4.78, 5) is -0.382. The third-order valence-corrected chi connectivity index (χ3v) is 2.72. The summed E-state index contributed by atoms with van der Waals surface area (Å²) in [7, 11) is -4.36. The SMILES string of the molecule is CC(C)(F)c1ccccc1S(=O)(=O)O. The molecule has 0 saturated carbocycles. The van der Waals surface area contributed by atoms with E-state index in [0.717, 1.165) is 0 Å². The van der Waals surface area contributed by atoms with Crippen LogP contribution in [0.2, 0.25) is 0 Å². The number of rotatable bonds is 2. The van der Waals surface area contributed by atoms with E-state index in [1.165, 1.54) is 38.1 Å². The Bertz CT molecular complexity index is 432. The fourth-order valence-corrected chi connectivity index (χ4v) is 2.02. The first-order valence-corrected chi connectivity index (χ1v) is 5.43. The zero-order valence-corrected chi connectivity index (χ0v) is 8.68. The molecule has 0 aliphatic heterocycles. The van der Waals surface area contributed by atoms with Crippen molar-refractivity contribution in [1.29, 1.82) is 0 Å². The van der Waals surface area contributed by atoms with Crippen LogP contribution in [-0.4, -0.2) is 13.0 Å². The molecule has 14 heavy (non-hydrogen) atoms. The number of halogens is 1. The summed E-state index contributed by atoms with van der Waals surface area (Å²) in [5.74, 6) is 0. The van der Waals surface area contributed by atoms with Crippen LogP contribution in [0, 0.1) is 0 Å². The zero-order valence-electron chi connectivity index (χ0n) is 7.86. The molecule has 1 rings (SSSR count). The highest BCUT2D eigenvalue weighted by molar-refractivity contribution is 7.85. The van der Waals surface area contributed by atoms with Crippen LogP contribution in [0.15, 0.2) is 29.2 Å². The molecule has 0 spiro atoms. The molecule has 0 saturated heterocycles. The van der Waals surface area contributed by atoms with Crippen LogP contribution in [0.1, 0.15) is 19.4 Å². The molecule has 0 bridgehead atoms. The van der Waals surface area contributed by atoms with E-state index in [2.05, 4.69) is 0 Å². The standard InChI is InChI=1S/C9H11FO3S/c1-9(2,10)7-5-3-4-6-8(7)14(11,12)13/h3-6H,1-2H3,(H,11,12,13). The fourth-order valence-electron chi connectivity index (χ4n) is 1.18. The summed E-state index contributed by atoms with van der Waals surface area (Å²) in [6.45, 7) is 2.47. The summed E-state index contributed by atoms with van der Waals surface area (Å²) in [5, 5.41) is 0. The van der Waals surface area contributed by atoms with Crippen molar-refractivity contribution in [2.24, 2.45) is 0 Å². The van der Waals surface area contributed by atoms with Gasteiger partial charge in [0, 0.05) is 5.56 Å². The Kier molecular flexibility index (Phi) is 2.65. The van der Waals surface area contributed by atoms with Crippen molar-refractivity contribution in [2.45, 2.75) is 24.4 Å².